The van der Waals surface area contributed by atoms with Gasteiger partial charge < -0.3 is 10.6 Å². The molecule has 0 heterocycles. The lowest BCUT2D eigenvalue weighted by Crippen LogP contribution is -2.43. The van der Waals surface area contributed by atoms with Crippen LogP contribution in [0.15, 0.2) is 23.2 Å². The first-order valence-corrected chi connectivity index (χ1v) is 8.85. The van der Waals surface area contributed by atoms with Crippen LogP contribution < -0.4 is 10.6 Å². The third-order valence-corrected chi connectivity index (χ3v) is 5.08. The molecule has 23 heavy (non-hydrogen) atoms. The van der Waals surface area contributed by atoms with Gasteiger partial charge >= 0.3 is 0 Å². The molecule has 2 unspecified atom stereocenters. The summed E-state index contributed by atoms with van der Waals surface area (Å²) in [4.78, 5) is 4.20. The lowest BCUT2D eigenvalue weighted by Gasteiger charge is -2.17. The summed E-state index contributed by atoms with van der Waals surface area (Å²) < 4.78 is 26.4. The molecular weight excluding hydrogens is 431 g/mol. The molecule has 0 aromatic heterocycles. The number of hydrogen-bond donors (Lipinski definition) is 2. The van der Waals surface area contributed by atoms with Gasteiger partial charge in [0.15, 0.2) is 5.96 Å². The monoisotopic (exact) mass is 455 g/mol. The summed E-state index contributed by atoms with van der Waals surface area (Å²) >= 11 is 1.92. The van der Waals surface area contributed by atoms with E-state index >= 15 is 0 Å². The molecule has 0 aliphatic heterocycles. The number of benzene rings is 1. The van der Waals surface area contributed by atoms with Crippen molar-refractivity contribution in [2.24, 2.45) is 4.99 Å². The van der Waals surface area contributed by atoms with Gasteiger partial charge in [0, 0.05) is 31.0 Å². The molecule has 1 aromatic carbocycles. The topological polar surface area (TPSA) is 36.4 Å². The number of halogens is 3. The summed E-state index contributed by atoms with van der Waals surface area (Å²) in [6.45, 7) is 0.556. The van der Waals surface area contributed by atoms with Gasteiger partial charge in [-0.3, -0.25) is 4.99 Å². The van der Waals surface area contributed by atoms with E-state index in [9.17, 15) is 8.78 Å². The van der Waals surface area contributed by atoms with E-state index in [1.807, 2.05) is 11.8 Å². The molecule has 0 spiro atoms. The number of thioether (sulfide) groups is 1. The van der Waals surface area contributed by atoms with Crippen molar-refractivity contribution < 1.29 is 8.78 Å². The number of rotatable bonds is 5. The van der Waals surface area contributed by atoms with Gasteiger partial charge in [0.2, 0.25) is 0 Å². The fourth-order valence-corrected chi connectivity index (χ4v) is 3.51. The smallest absolute Gasteiger partial charge is 0.191 e. The average Bonchev–Trinajstić information content (AvgIpc) is 2.96. The molecule has 0 saturated heterocycles. The van der Waals surface area contributed by atoms with Gasteiger partial charge in [-0.1, -0.05) is 6.07 Å². The molecule has 2 N–H and O–H groups in total. The van der Waals surface area contributed by atoms with Gasteiger partial charge in [0.25, 0.3) is 0 Å². The molecule has 7 heteroatoms. The van der Waals surface area contributed by atoms with E-state index in [1.165, 1.54) is 18.6 Å². The zero-order chi connectivity index (χ0) is 15.9. The Hall–Kier alpha value is -0.570. The van der Waals surface area contributed by atoms with E-state index in [0.717, 1.165) is 30.1 Å². The standard InChI is InChI=1S/C16H23F2N3S.HI/c1-19-16(21-13-5-6-14(10-13)22-2)20-8-7-11-3-4-12(17)9-15(11)18;/h3-4,9,13-14H,5-8,10H2,1-2H3,(H2,19,20,21);1H. The Balaban J connectivity index is 0.00000264. The highest BCUT2D eigenvalue weighted by Crippen LogP contribution is 2.27. The lowest BCUT2D eigenvalue weighted by atomic mass is 10.1. The predicted molar refractivity (Wildman–Crippen MR) is 105 cm³/mol. The number of guanidine groups is 1. The molecular formula is C16H24F2IN3S. The second-order valence-corrected chi connectivity index (χ2v) is 6.63. The molecule has 3 nitrogen and oxygen atoms in total. The Morgan fingerprint density at radius 2 is 2.13 bits per heavy atom. The third kappa shape index (κ3) is 6.45. The summed E-state index contributed by atoms with van der Waals surface area (Å²) in [6.07, 6.45) is 6.17. The van der Waals surface area contributed by atoms with Gasteiger partial charge in [-0.15, -0.1) is 24.0 Å². The predicted octanol–water partition coefficient (Wildman–Crippen LogP) is 3.57. The van der Waals surface area contributed by atoms with E-state index in [0.29, 0.717) is 24.6 Å². The second-order valence-electron chi connectivity index (χ2n) is 5.50. The summed E-state index contributed by atoms with van der Waals surface area (Å²) in [5.41, 5.74) is 0.507. The Bertz CT molecular complexity index is 528. The third-order valence-electron chi connectivity index (χ3n) is 3.98. The molecule has 0 bridgehead atoms. The minimum absolute atomic E-state index is 0. The van der Waals surface area contributed by atoms with Gasteiger partial charge in [-0.2, -0.15) is 11.8 Å². The first-order valence-electron chi connectivity index (χ1n) is 7.56. The number of nitrogens with one attached hydrogen (secondary N) is 2. The van der Waals surface area contributed by atoms with Crippen LogP contribution in [0, 0.1) is 11.6 Å². The first kappa shape index (κ1) is 20.5. The second kappa shape index (κ2) is 10.3. The average molecular weight is 455 g/mol. The SMILES string of the molecule is CN=C(NCCc1ccc(F)cc1F)NC1CCC(SC)C1.I. The highest BCUT2D eigenvalue weighted by Gasteiger charge is 2.24. The number of aliphatic imine (C=N–C) groups is 1. The van der Waals surface area contributed by atoms with E-state index < -0.39 is 11.6 Å². The quantitative estimate of drug-likeness (QED) is 0.405. The Morgan fingerprint density at radius 3 is 2.74 bits per heavy atom. The molecule has 1 saturated carbocycles. The summed E-state index contributed by atoms with van der Waals surface area (Å²) in [5.74, 6) is -0.297. The highest BCUT2D eigenvalue weighted by atomic mass is 127. The van der Waals surface area contributed by atoms with Gasteiger partial charge in [0.05, 0.1) is 0 Å². The normalized spacial score (nSPS) is 21.0. The Kier molecular flexibility index (Phi) is 9.19. The van der Waals surface area contributed by atoms with Crippen LogP contribution in [0.25, 0.3) is 0 Å². The zero-order valence-corrected chi connectivity index (χ0v) is 16.6. The van der Waals surface area contributed by atoms with E-state index in [2.05, 4.69) is 21.9 Å². The highest BCUT2D eigenvalue weighted by molar-refractivity contribution is 14.0. The summed E-state index contributed by atoms with van der Waals surface area (Å²) in [6, 6.07) is 4.14. The van der Waals surface area contributed by atoms with Gasteiger partial charge in [-0.25, -0.2) is 8.78 Å². The van der Waals surface area contributed by atoms with Crippen LogP contribution in [0.5, 0.6) is 0 Å². The summed E-state index contributed by atoms with van der Waals surface area (Å²) in [5, 5.41) is 7.33. The minimum Gasteiger partial charge on any atom is -0.356 e. The van der Waals surface area contributed by atoms with E-state index in [4.69, 9.17) is 0 Å². The maximum atomic E-state index is 13.6. The van der Waals surface area contributed by atoms with Crippen molar-refractivity contribution in [3.63, 3.8) is 0 Å². The molecule has 1 aliphatic carbocycles. The van der Waals surface area contributed by atoms with Crippen LogP contribution >= 0.6 is 35.7 Å². The van der Waals surface area contributed by atoms with Crippen LogP contribution in [0.4, 0.5) is 8.78 Å². The van der Waals surface area contributed by atoms with Crippen LogP contribution in [0.1, 0.15) is 24.8 Å². The molecule has 0 radical (unpaired) electrons. The van der Waals surface area contributed by atoms with Crippen LogP contribution in [0.2, 0.25) is 0 Å². The van der Waals surface area contributed by atoms with E-state index in [1.54, 1.807) is 7.05 Å². The minimum atomic E-state index is -0.545. The molecule has 2 atom stereocenters. The first-order chi connectivity index (χ1) is 10.6. The van der Waals surface area contributed by atoms with Crippen molar-refractivity contribution in [2.45, 2.75) is 37.0 Å². The Morgan fingerprint density at radius 1 is 1.35 bits per heavy atom. The molecule has 1 aromatic rings. The van der Waals surface area contributed by atoms with Crippen LogP contribution in [-0.2, 0) is 6.42 Å². The van der Waals surface area contributed by atoms with Gasteiger partial charge in [-0.05, 0) is 43.6 Å². The fourth-order valence-electron chi connectivity index (χ4n) is 2.71. The fraction of sp³-hybridized carbons (Fsp3) is 0.562. The van der Waals surface area contributed by atoms with Gasteiger partial charge in [0.1, 0.15) is 11.6 Å². The number of nitrogens with zero attached hydrogens (tertiary/aromatic N) is 1. The van der Waals surface area contributed by atoms with Crippen LogP contribution in [0.3, 0.4) is 0 Å². The van der Waals surface area contributed by atoms with Crippen molar-refractivity contribution in [3.05, 3.63) is 35.4 Å². The van der Waals surface area contributed by atoms with Crippen LogP contribution in [-0.4, -0.2) is 37.1 Å². The summed E-state index contributed by atoms with van der Waals surface area (Å²) in [7, 11) is 1.73. The maximum Gasteiger partial charge on any atom is 0.191 e. The molecule has 1 fully saturated rings. The van der Waals surface area contributed by atoms with Crippen molar-refractivity contribution in [3.8, 4) is 0 Å². The van der Waals surface area contributed by atoms with Crippen molar-refractivity contribution >= 4 is 41.7 Å². The van der Waals surface area contributed by atoms with Crippen molar-refractivity contribution in [1.82, 2.24) is 10.6 Å². The Labute approximate surface area is 158 Å². The molecule has 130 valence electrons. The largest absolute Gasteiger partial charge is 0.356 e. The zero-order valence-electron chi connectivity index (χ0n) is 13.4. The van der Waals surface area contributed by atoms with Crippen molar-refractivity contribution in [2.75, 3.05) is 19.8 Å². The molecule has 1 aliphatic rings. The maximum absolute atomic E-state index is 13.6. The number of hydrogen-bond acceptors (Lipinski definition) is 2. The van der Waals surface area contributed by atoms with E-state index in [-0.39, 0.29) is 24.0 Å². The lowest BCUT2D eigenvalue weighted by molar-refractivity contribution is 0.569. The van der Waals surface area contributed by atoms with Crippen molar-refractivity contribution in [1.29, 1.82) is 0 Å². The molecule has 0 amide bonds. The molecule has 2 rings (SSSR count).